The molecule has 0 saturated heterocycles. The number of hydrogen-bond acceptors (Lipinski definition) is 7. The highest BCUT2D eigenvalue weighted by Crippen LogP contribution is 2.20. The quantitative estimate of drug-likeness (QED) is 0.201. The first-order valence-electron chi connectivity index (χ1n) is 11.1. The summed E-state index contributed by atoms with van der Waals surface area (Å²) in [7, 11) is -3.73. The highest BCUT2D eigenvalue weighted by molar-refractivity contribution is 7.99. The molecule has 0 fully saturated rings. The Labute approximate surface area is 213 Å². The van der Waals surface area contributed by atoms with Crippen LogP contribution in [-0.4, -0.2) is 48.4 Å². The van der Waals surface area contributed by atoms with Crippen LogP contribution in [0.4, 0.5) is 5.69 Å². The van der Waals surface area contributed by atoms with Crippen molar-refractivity contribution in [3.8, 4) is 17.1 Å². The zero-order valence-corrected chi connectivity index (χ0v) is 21.1. The van der Waals surface area contributed by atoms with E-state index in [0.717, 1.165) is 11.1 Å². The zero-order valence-electron chi connectivity index (χ0n) is 19.5. The third kappa shape index (κ3) is 7.09. The molecule has 3 N–H and O–H groups in total. The number of sulfonamides is 1. The van der Waals surface area contributed by atoms with Crippen LogP contribution >= 0.6 is 11.8 Å². The predicted molar refractivity (Wildman–Crippen MR) is 139 cm³/mol. The Morgan fingerprint density at radius 3 is 2.44 bits per heavy atom. The third-order valence-electron chi connectivity index (χ3n) is 4.98. The number of aromatic amines is 1. The second-order valence-electron chi connectivity index (χ2n) is 7.76. The Balaban J connectivity index is 1.18. The van der Waals surface area contributed by atoms with Crippen molar-refractivity contribution in [1.29, 1.82) is 0 Å². The molecule has 1 amide bonds. The maximum absolute atomic E-state index is 12.6. The summed E-state index contributed by atoms with van der Waals surface area (Å²) in [6, 6.07) is 22.7. The summed E-state index contributed by atoms with van der Waals surface area (Å²) in [4.78, 5) is 16.6. The van der Waals surface area contributed by atoms with Gasteiger partial charge in [0.25, 0.3) is 15.9 Å². The summed E-state index contributed by atoms with van der Waals surface area (Å²) in [5, 5.41) is 10.5. The van der Waals surface area contributed by atoms with Gasteiger partial charge in [-0.25, -0.2) is 13.4 Å². The van der Waals surface area contributed by atoms with E-state index >= 15 is 0 Å². The number of nitrogens with one attached hydrogen (secondary N) is 3. The van der Waals surface area contributed by atoms with Crippen LogP contribution < -0.4 is 14.8 Å². The summed E-state index contributed by atoms with van der Waals surface area (Å²) in [5.74, 6) is 1.40. The van der Waals surface area contributed by atoms with Crippen molar-refractivity contribution in [1.82, 2.24) is 20.5 Å². The van der Waals surface area contributed by atoms with Gasteiger partial charge in [0.2, 0.25) is 5.16 Å². The number of aryl methyl sites for hydroxylation is 1. The molecule has 0 atom stereocenters. The van der Waals surface area contributed by atoms with Crippen molar-refractivity contribution in [2.24, 2.45) is 0 Å². The van der Waals surface area contributed by atoms with Crippen LogP contribution in [-0.2, 0) is 14.8 Å². The van der Waals surface area contributed by atoms with Crippen molar-refractivity contribution in [3.63, 3.8) is 0 Å². The normalized spacial score (nSPS) is 11.1. The molecule has 9 nitrogen and oxygen atoms in total. The van der Waals surface area contributed by atoms with Crippen LogP contribution in [0.5, 0.6) is 5.75 Å². The van der Waals surface area contributed by atoms with Crippen molar-refractivity contribution in [2.75, 3.05) is 23.6 Å². The average Bonchev–Trinajstić information content (AvgIpc) is 3.36. The maximum Gasteiger partial charge on any atom is 0.261 e. The van der Waals surface area contributed by atoms with Gasteiger partial charge < -0.3 is 10.1 Å². The number of aromatic nitrogens is 3. The molecule has 4 rings (SSSR count). The molecule has 0 radical (unpaired) electrons. The number of nitrogens with zero attached hydrogens (tertiary/aromatic N) is 2. The lowest BCUT2D eigenvalue weighted by molar-refractivity contribution is -0.122. The Bertz CT molecular complexity index is 1390. The molecule has 0 aliphatic carbocycles. The van der Waals surface area contributed by atoms with Gasteiger partial charge in [0.05, 0.1) is 4.90 Å². The minimum Gasteiger partial charge on any atom is -0.484 e. The number of ether oxygens (including phenoxy) is 1. The minimum absolute atomic E-state index is 0.0966. The minimum atomic E-state index is -3.73. The van der Waals surface area contributed by atoms with E-state index in [1.165, 1.54) is 36.0 Å². The molecular formula is C25H25N5O4S2. The van der Waals surface area contributed by atoms with Crippen molar-refractivity contribution in [3.05, 3.63) is 84.4 Å². The van der Waals surface area contributed by atoms with Crippen molar-refractivity contribution in [2.45, 2.75) is 17.0 Å². The van der Waals surface area contributed by atoms with Gasteiger partial charge in [0.15, 0.2) is 12.4 Å². The van der Waals surface area contributed by atoms with Crippen molar-refractivity contribution < 1.29 is 17.9 Å². The standard InChI is InChI=1S/C25H25N5O4S2/c1-18-7-9-20(10-8-18)30-36(32,33)22-13-11-21(12-14-22)34-17-23(31)26-15-16-35-25-27-24(28-29-25)19-5-3-2-4-6-19/h2-14,30H,15-17H2,1H3,(H,26,31)(H,27,28,29). The van der Waals surface area contributed by atoms with E-state index in [4.69, 9.17) is 4.74 Å². The summed E-state index contributed by atoms with van der Waals surface area (Å²) >= 11 is 1.43. The SMILES string of the molecule is Cc1ccc(NS(=O)(=O)c2ccc(OCC(=O)NCCSc3n[nH]c(-c4ccccc4)n3)cc2)cc1. The molecule has 4 aromatic rings. The van der Waals surface area contributed by atoms with Crippen LogP contribution in [0.2, 0.25) is 0 Å². The van der Waals surface area contributed by atoms with Gasteiger partial charge in [0.1, 0.15) is 5.75 Å². The second kappa shape index (κ2) is 11.7. The number of amides is 1. The lowest BCUT2D eigenvalue weighted by Crippen LogP contribution is -2.30. The summed E-state index contributed by atoms with van der Waals surface area (Å²) < 4.78 is 33.1. The number of anilines is 1. The number of H-pyrrole nitrogens is 1. The molecule has 0 aliphatic heterocycles. The van der Waals surface area contributed by atoms with E-state index in [0.29, 0.717) is 34.7 Å². The first-order valence-corrected chi connectivity index (χ1v) is 13.6. The Hall–Kier alpha value is -3.83. The molecule has 11 heteroatoms. The molecule has 1 aromatic heterocycles. The molecule has 186 valence electrons. The molecule has 0 aliphatic rings. The van der Waals surface area contributed by atoms with Crippen LogP contribution in [0.25, 0.3) is 11.4 Å². The first-order chi connectivity index (χ1) is 17.4. The summed E-state index contributed by atoms with van der Waals surface area (Å²) in [6.07, 6.45) is 0. The lowest BCUT2D eigenvalue weighted by Gasteiger charge is -2.10. The average molecular weight is 524 g/mol. The smallest absolute Gasteiger partial charge is 0.261 e. The number of carbonyl (C=O) groups excluding carboxylic acids is 1. The van der Waals surface area contributed by atoms with Gasteiger partial charge in [-0.2, -0.15) is 0 Å². The van der Waals surface area contributed by atoms with E-state index in [2.05, 4.69) is 25.2 Å². The first kappa shape index (κ1) is 25.3. The van der Waals surface area contributed by atoms with E-state index in [1.54, 1.807) is 12.1 Å². The van der Waals surface area contributed by atoms with Gasteiger partial charge in [-0.15, -0.1) is 5.10 Å². The van der Waals surface area contributed by atoms with Crippen LogP contribution in [0.15, 0.2) is 88.9 Å². The van der Waals surface area contributed by atoms with E-state index < -0.39 is 10.0 Å². The van der Waals surface area contributed by atoms with E-state index in [1.807, 2.05) is 49.4 Å². The topological polar surface area (TPSA) is 126 Å². The van der Waals surface area contributed by atoms with Gasteiger partial charge in [0, 0.05) is 23.5 Å². The third-order valence-corrected chi connectivity index (χ3v) is 7.22. The van der Waals surface area contributed by atoms with Crippen LogP contribution in [0, 0.1) is 6.92 Å². The Morgan fingerprint density at radius 2 is 1.72 bits per heavy atom. The lowest BCUT2D eigenvalue weighted by atomic mass is 10.2. The summed E-state index contributed by atoms with van der Waals surface area (Å²) in [5.41, 5.74) is 2.47. The molecule has 0 bridgehead atoms. The number of rotatable bonds is 11. The fraction of sp³-hybridized carbons (Fsp3) is 0.160. The predicted octanol–water partition coefficient (Wildman–Crippen LogP) is 3.87. The zero-order chi connectivity index (χ0) is 25.4. The van der Waals surface area contributed by atoms with Crippen LogP contribution in [0.1, 0.15) is 5.56 Å². The van der Waals surface area contributed by atoms with Crippen molar-refractivity contribution >= 4 is 33.4 Å². The number of hydrogen-bond donors (Lipinski definition) is 3. The highest BCUT2D eigenvalue weighted by Gasteiger charge is 2.14. The Morgan fingerprint density at radius 1 is 1.00 bits per heavy atom. The number of thioether (sulfide) groups is 1. The fourth-order valence-corrected chi connectivity index (χ4v) is 4.83. The molecule has 3 aromatic carbocycles. The van der Waals surface area contributed by atoms with E-state index in [-0.39, 0.29) is 17.4 Å². The molecule has 36 heavy (non-hydrogen) atoms. The molecule has 0 spiro atoms. The second-order valence-corrected chi connectivity index (χ2v) is 10.5. The fourth-order valence-electron chi connectivity index (χ4n) is 3.12. The van der Waals surface area contributed by atoms with Gasteiger partial charge >= 0.3 is 0 Å². The molecule has 0 saturated carbocycles. The largest absolute Gasteiger partial charge is 0.484 e. The number of benzene rings is 3. The van der Waals surface area contributed by atoms with Gasteiger partial charge in [-0.3, -0.25) is 14.6 Å². The van der Waals surface area contributed by atoms with Crippen LogP contribution in [0.3, 0.4) is 0 Å². The van der Waals surface area contributed by atoms with Gasteiger partial charge in [-0.05, 0) is 43.3 Å². The molecular weight excluding hydrogens is 498 g/mol. The summed E-state index contributed by atoms with van der Waals surface area (Å²) in [6.45, 7) is 2.16. The van der Waals surface area contributed by atoms with Gasteiger partial charge in [-0.1, -0.05) is 59.8 Å². The molecule has 0 unspecified atom stereocenters. The highest BCUT2D eigenvalue weighted by atomic mass is 32.2. The molecule has 1 heterocycles. The number of carbonyl (C=O) groups is 1. The monoisotopic (exact) mass is 523 g/mol. The van der Waals surface area contributed by atoms with E-state index in [9.17, 15) is 13.2 Å². The maximum atomic E-state index is 12.6. The Kier molecular flexibility index (Phi) is 8.24.